The quantitative estimate of drug-likeness (QED) is 0.894. The minimum atomic E-state index is -0.348. The number of halogens is 1. The molecule has 0 saturated carbocycles. The van der Waals surface area contributed by atoms with Crippen molar-refractivity contribution in [1.29, 1.82) is 0 Å². The zero-order valence-electron chi connectivity index (χ0n) is 13.6. The predicted molar refractivity (Wildman–Crippen MR) is 87.6 cm³/mol. The van der Waals surface area contributed by atoms with Gasteiger partial charge in [-0.15, -0.1) is 0 Å². The molecule has 23 heavy (non-hydrogen) atoms. The fraction of sp³-hybridized carbons (Fsp3) is 0.500. The number of aliphatic hydroxyl groups excluding tert-OH is 1. The molecule has 2 aromatic rings. The summed E-state index contributed by atoms with van der Waals surface area (Å²) in [5.74, 6) is -0.238. The minimum Gasteiger partial charge on any atom is -0.393 e. The van der Waals surface area contributed by atoms with E-state index in [1.54, 1.807) is 12.3 Å². The smallest absolute Gasteiger partial charge is 0.227 e. The molecule has 1 aliphatic rings. The number of amides is 1. The number of nitrogens with one attached hydrogen (secondary N) is 1. The molecular formula is C18H23FN2O2. The predicted octanol–water partition coefficient (Wildman–Crippen LogP) is 2.86. The number of fused-ring (bicyclic) bond motifs is 1. The van der Waals surface area contributed by atoms with Crippen molar-refractivity contribution in [3.8, 4) is 0 Å². The zero-order valence-corrected chi connectivity index (χ0v) is 13.6. The zero-order chi connectivity index (χ0) is 16.6. The summed E-state index contributed by atoms with van der Waals surface area (Å²) in [4.78, 5) is 17.5. The van der Waals surface area contributed by atoms with E-state index in [4.69, 9.17) is 0 Å². The van der Waals surface area contributed by atoms with Crippen molar-refractivity contribution in [2.24, 2.45) is 5.41 Å². The van der Waals surface area contributed by atoms with Crippen LogP contribution in [0.3, 0.4) is 0 Å². The number of aliphatic hydroxyl groups is 1. The summed E-state index contributed by atoms with van der Waals surface area (Å²) in [6.45, 7) is 5.40. The number of H-pyrrole nitrogens is 1. The van der Waals surface area contributed by atoms with E-state index in [-0.39, 0.29) is 29.7 Å². The van der Waals surface area contributed by atoms with Crippen LogP contribution < -0.4 is 0 Å². The summed E-state index contributed by atoms with van der Waals surface area (Å²) in [6.07, 6.45) is 3.05. The maximum atomic E-state index is 13.2. The van der Waals surface area contributed by atoms with Crippen LogP contribution >= 0.6 is 0 Å². The fourth-order valence-corrected chi connectivity index (χ4v) is 3.50. The first-order chi connectivity index (χ1) is 10.8. The lowest BCUT2D eigenvalue weighted by atomic mass is 9.87. The number of benzene rings is 1. The van der Waals surface area contributed by atoms with Gasteiger partial charge in [-0.2, -0.15) is 0 Å². The molecular weight excluding hydrogens is 295 g/mol. The molecule has 1 saturated heterocycles. The average Bonchev–Trinajstić information content (AvgIpc) is 2.77. The Morgan fingerprint density at radius 3 is 3.04 bits per heavy atom. The van der Waals surface area contributed by atoms with Crippen LogP contribution in [-0.4, -0.2) is 40.1 Å². The number of hydrogen-bond acceptors (Lipinski definition) is 2. The molecule has 1 amide bonds. The summed E-state index contributed by atoms with van der Waals surface area (Å²) in [5, 5.41) is 10.9. The van der Waals surface area contributed by atoms with Gasteiger partial charge >= 0.3 is 0 Å². The Kier molecular flexibility index (Phi) is 4.15. The molecule has 2 N–H and O–H groups in total. The van der Waals surface area contributed by atoms with Crippen LogP contribution in [0, 0.1) is 11.2 Å². The third-order valence-electron chi connectivity index (χ3n) is 4.56. The van der Waals surface area contributed by atoms with Crippen molar-refractivity contribution in [3.63, 3.8) is 0 Å². The summed E-state index contributed by atoms with van der Waals surface area (Å²) in [6, 6.07) is 4.56. The lowest BCUT2D eigenvalue weighted by molar-refractivity contribution is -0.131. The van der Waals surface area contributed by atoms with E-state index in [1.165, 1.54) is 12.1 Å². The Morgan fingerprint density at radius 2 is 2.26 bits per heavy atom. The highest BCUT2D eigenvalue weighted by Gasteiger charge is 2.31. The molecule has 1 aromatic heterocycles. The van der Waals surface area contributed by atoms with Crippen molar-refractivity contribution in [1.82, 2.24) is 9.88 Å². The highest BCUT2D eigenvalue weighted by molar-refractivity contribution is 5.89. The van der Waals surface area contributed by atoms with E-state index in [1.807, 2.05) is 4.90 Å². The molecule has 1 aromatic carbocycles. The summed E-state index contributed by atoms with van der Waals surface area (Å²) in [5.41, 5.74) is 1.50. The largest absolute Gasteiger partial charge is 0.393 e. The number of likely N-dealkylation sites (tertiary alicyclic amines) is 1. The van der Waals surface area contributed by atoms with E-state index in [0.29, 0.717) is 31.4 Å². The van der Waals surface area contributed by atoms with Gasteiger partial charge in [-0.25, -0.2) is 4.39 Å². The van der Waals surface area contributed by atoms with Crippen LogP contribution in [0.25, 0.3) is 10.9 Å². The number of aromatic nitrogens is 1. The van der Waals surface area contributed by atoms with Crippen molar-refractivity contribution in [2.45, 2.75) is 39.2 Å². The summed E-state index contributed by atoms with van der Waals surface area (Å²) < 4.78 is 13.2. The molecule has 1 atom stereocenters. The average molecular weight is 318 g/mol. The third-order valence-corrected chi connectivity index (χ3v) is 4.56. The van der Waals surface area contributed by atoms with Gasteiger partial charge < -0.3 is 15.0 Å². The standard InChI is InChI=1S/C18H23FN2O2/c1-18(2)9-14(22)5-6-21(11-18)17(23)7-12-10-20-16-8-13(19)3-4-15(12)16/h3-4,8,10,14,20,22H,5-7,9,11H2,1-2H3. The molecule has 5 heteroatoms. The van der Waals surface area contributed by atoms with Crippen LogP contribution in [0.2, 0.25) is 0 Å². The van der Waals surface area contributed by atoms with E-state index in [0.717, 1.165) is 10.9 Å². The first-order valence-electron chi connectivity index (χ1n) is 8.05. The van der Waals surface area contributed by atoms with E-state index in [9.17, 15) is 14.3 Å². The molecule has 1 fully saturated rings. The van der Waals surface area contributed by atoms with E-state index < -0.39 is 0 Å². The molecule has 3 rings (SSSR count). The van der Waals surface area contributed by atoms with Crippen LogP contribution in [-0.2, 0) is 11.2 Å². The molecule has 4 nitrogen and oxygen atoms in total. The Labute approximate surface area is 135 Å². The third kappa shape index (κ3) is 3.55. The van der Waals surface area contributed by atoms with Gasteiger partial charge in [0.05, 0.1) is 12.5 Å². The number of hydrogen-bond donors (Lipinski definition) is 2. The van der Waals surface area contributed by atoms with Gasteiger partial charge in [-0.05, 0) is 42.0 Å². The maximum Gasteiger partial charge on any atom is 0.227 e. The lowest BCUT2D eigenvalue weighted by Crippen LogP contribution is -2.38. The molecule has 0 spiro atoms. The second kappa shape index (κ2) is 5.96. The van der Waals surface area contributed by atoms with Gasteiger partial charge in [0.2, 0.25) is 5.91 Å². The Morgan fingerprint density at radius 1 is 1.48 bits per heavy atom. The van der Waals surface area contributed by atoms with Crippen LogP contribution in [0.5, 0.6) is 0 Å². The molecule has 1 aliphatic heterocycles. The maximum absolute atomic E-state index is 13.2. The van der Waals surface area contributed by atoms with E-state index >= 15 is 0 Å². The van der Waals surface area contributed by atoms with Gasteiger partial charge in [0.25, 0.3) is 0 Å². The van der Waals surface area contributed by atoms with Crippen molar-refractivity contribution >= 4 is 16.8 Å². The van der Waals surface area contributed by atoms with Crippen molar-refractivity contribution < 1.29 is 14.3 Å². The first-order valence-corrected chi connectivity index (χ1v) is 8.05. The Balaban J connectivity index is 1.77. The number of nitrogens with zero attached hydrogens (tertiary/aromatic N) is 1. The molecule has 2 heterocycles. The highest BCUT2D eigenvalue weighted by atomic mass is 19.1. The summed E-state index contributed by atoms with van der Waals surface area (Å²) in [7, 11) is 0. The number of carbonyl (C=O) groups is 1. The van der Waals surface area contributed by atoms with Gasteiger partial charge in [-0.1, -0.05) is 13.8 Å². The molecule has 0 radical (unpaired) electrons. The minimum absolute atomic E-state index is 0.0531. The topological polar surface area (TPSA) is 56.3 Å². The second-order valence-corrected chi connectivity index (χ2v) is 7.31. The van der Waals surface area contributed by atoms with Crippen molar-refractivity contribution in [3.05, 3.63) is 35.8 Å². The Hall–Kier alpha value is -1.88. The van der Waals surface area contributed by atoms with Crippen LogP contribution in [0.15, 0.2) is 24.4 Å². The number of rotatable bonds is 2. The van der Waals surface area contributed by atoms with Gasteiger partial charge in [0.15, 0.2) is 0 Å². The second-order valence-electron chi connectivity index (χ2n) is 7.31. The highest BCUT2D eigenvalue weighted by Crippen LogP contribution is 2.29. The Bertz CT molecular complexity index is 723. The molecule has 0 bridgehead atoms. The normalized spacial score (nSPS) is 21.4. The SMILES string of the molecule is CC1(C)CC(O)CCN(C(=O)Cc2c[nH]c3cc(F)ccc23)C1. The van der Waals surface area contributed by atoms with Crippen LogP contribution in [0.1, 0.15) is 32.3 Å². The fourth-order valence-electron chi connectivity index (χ4n) is 3.50. The van der Waals surface area contributed by atoms with Crippen LogP contribution in [0.4, 0.5) is 4.39 Å². The van der Waals surface area contributed by atoms with Gasteiger partial charge in [0, 0.05) is 30.2 Å². The van der Waals surface area contributed by atoms with E-state index in [2.05, 4.69) is 18.8 Å². The summed E-state index contributed by atoms with van der Waals surface area (Å²) >= 11 is 0. The molecule has 0 aliphatic carbocycles. The molecule has 1 unspecified atom stereocenters. The number of aromatic amines is 1. The molecule has 124 valence electrons. The van der Waals surface area contributed by atoms with Gasteiger partial charge in [-0.3, -0.25) is 4.79 Å². The number of carbonyl (C=O) groups excluding carboxylic acids is 1. The van der Waals surface area contributed by atoms with Gasteiger partial charge in [0.1, 0.15) is 5.82 Å². The lowest BCUT2D eigenvalue weighted by Gasteiger charge is -2.29. The monoisotopic (exact) mass is 318 g/mol. The van der Waals surface area contributed by atoms with Crippen molar-refractivity contribution in [2.75, 3.05) is 13.1 Å². The first kappa shape index (κ1) is 16.0.